The molecule has 1 aromatic carbocycles. The molecule has 1 fully saturated rings. The van der Waals surface area contributed by atoms with Gasteiger partial charge in [-0.05, 0) is 37.3 Å². The molecule has 0 atom stereocenters. The highest BCUT2D eigenvalue weighted by Crippen LogP contribution is 2.38. The van der Waals surface area contributed by atoms with E-state index in [1.807, 2.05) is 18.4 Å². The molecule has 0 saturated heterocycles. The Morgan fingerprint density at radius 2 is 2.10 bits per heavy atom. The zero-order valence-electron chi connectivity index (χ0n) is 11.5. The highest BCUT2D eigenvalue weighted by molar-refractivity contribution is 7.98. The smallest absolute Gasteiger partial charge is 0.252 e. The predicted molar refractivity (Wildman–Crippen MR) is 87.2 cm³/mol. The van der Waals surface area contributed by atoms with E-state index in [2.05, 4.69) is 5.32 Å². The second-order valence-electron chi connectivity index (χ2n) is 5.37. The van der Waals surface area contributed by atoms with Crippen molar-refractivity contribution >= 4 is 40.9 Å². The lowest BCUT2D eigenvalue weighted by Crippen LogP contribution is -2.37. The molecule has 0 radical (unpaired) electrons. The summed E-state index contributed by atoms with van der Waals surface area (Å²) in [6.07, 6.45) is 6.56. The second-order valence-corrected chi connectivity index (χ2v) is 6.92. The number of carbonyl (C=O) groups excluding carboxylic acids is 1. The van der Waals surface area contributed by atoms with Crippen LogP contribution in [0.25, 0.3) is 0 Å². The van der Waals surface area contributed by atoms with E-state index in [9.17, 15) is 4.79 Å². The number of thioether (sulfide) groups is 1. The Hall–Kier alpha value is -0.380. The van der Waals surface area contributed by atoms with Crippen LogP contribution in [0.4, 0.5) is 0 Å². The molecule has 5 heteroatoms. The minimum atomic E-state index is -0.109. The number of alkyl halides is 1. The molecule has 0 aliphatic heterocycles. The maximum Gasteiger partial charge on any atom is 0.252 e. The SMILES string of the molecule is CSc1ccc(Cl)c(C(=O)NCC2(CCl)CCCC2)c1. The van der Waals surface area contributed by atoms with Crippen molar-refractivity contribution in [3.05, 3.63) is 28.8 Å². The van der Waals surface area contributed by atoms with Crippen molar-refractivity contribution in [1.29, 1.82) is 0 Å². The quantitative estimate of drug-likeness (QED) is 0.631. The summed E-state index contributed by atoms with van der Waals surface area (Å²) in [5.74, 6) is 0.494. The van der Waals surface area contributed by atoms with Gasteiger partial charge in [0.2, 0.25) is 0 Å². The summed E-state index contributed by atoms with van der Waals surface area (Å²) in [7, 11) is 0. The van der Waals surface area contributed by atoms with Crippen LogP contribution in [0.5, 0.6) is 0 Å². The monoisotopic (exact) mass is 331 g/mol. The molecule has 0 bridgehead atoms. The van der Waals surface area contributed by atoms with Crippen LogP contribution in [0.3, 0.4) is 0 Å². The normalized spacial score (nSPS) is 17.1. The van der Waals surface area contributed by atoms with Crippen molar-refractivity contribution in [3.8, 4) is 0 Å². The van der Waals surface area contributed by atoms with Gasteiger partial charge in [0.25, 0.3) is 5.91 Å². The first-order valence-corrected chi connectivity index (χ1v) is 8.92. The maximum absolute atomic E-state index is 12.3. The summed E-state index contributed by atoms with van der Waals surface area (Å²) in [5, 5.41) is 3.50. The van der Waals surface area contributed by atoms with Crippen LogP contribution in [-0.2, 0) is 0 Å². The minimum absolute atomic E-state index is 0.0702. The first kappa shape index (κ1) is 16.0. The number of benzene rings is 1. The molecule has 0 unspecified atom stereocenters. The highest BCUT2D eigenvalue weighted by Gasteiger charge is 2.33. The van der Waals surface area contributed by atoms with Gasteiger partial charge in [-0.3, -0.25) is 4.79 Å². The fourth-order valence-corrected chi connectivity index (χ4v) is 3.66. The number of halogens is 2. The summed E-state index contributed by atoms with van der Waals surface area (Å²) in [4.78, 5) is 13.3. The molecule has 1 aliphatic carbocycles. The first-order chi connectivity index (χ1) is 9.60. The average molecular weight is 332 g/mol. The van der Waals surface area contributed by atoms with Crippen LogP contribution in [0.15, 0.2) is 23.1 Å². The van der Waals surface area contributed by atoms with Crippen LogP contribution >= 0.6 is 35.0 Å². The maximum atomic E-state index is 12.3. The van der Waals surface area contributed by atoms with E-state index in [0.717, 1.165) is 17.7 Å². The Bertz CT molecular complexity index is 487. The predicted octanol–water partition coefficient (Wildman–Crippen LogP) is 4.59. The average Bonchev–Trinajstić information content (AvgIpc) is 2.95. The van der Waals surface area contributed by atoms with Crippen molar-refractivity contribution in [1.82, 2.24) is 5.32 Å². The Morgan fingerprint density at radius 1 is 1.40 bits per heavy atom. The van der Waals surface area contributed by atoms with Gasteiger partial charge >= 0.3 is 0 Å². The van der Waals surface area contributed by atoms with Crippen molar-refractivity contribution in [2.24, 2.45) is 5.41 Å². The summed E-state index contributed by atoms with van der Waals surface area (Å²) >= 11 is 13.8. The lowest BCUT2D eigenvalue weighted by atomic mass is 9.88. The van der Waals surface area contributed by atoms with E-state index in [1.54, 1.807) is 17.8 Å². The molecule has 1 amide bonds. The summed E-state index contributed by atoms with van der Waals surface area (Å²) in [5.41, 5.74) is 0.613. The van der Waals surface area contributed by atoms with Crippen molar-refractivity contribution in [3.63, 3.8) is 0 Å². The Balaban J connectivity index is 2.04. The van der Waals surface area contributed by atoms with Gasteiger partial charge in [0.05, 0.1) is 10.6 Å². The number of rotatable bonds is 5. The third-order valence-electron chi connectivity index (χ3n) is 3.99. The molecule has 2 rings (SSSR count). The van der Waals surface area contributed by atoms with Gasteiger partial charge in [-0.1, -0.05) is 24.4 Å². The minimum Gasteiger partial charge on any atom is -0.351 e. The Morgan fingerprint density at radius 3 is 2.70 bits per heavy atom. The molecule has 1 aromatic rings. The fraction of sp³-hybridized carbons (Fsp3) is 0.533. The van der Waals surface area contributed by atoms with Gasteiger partial charge in [0.15, 0.2) is 0 Å². The van der Waals surface area contributed by atoms with Crippen LogP contribution < -0.4 is 5.32 Å². The lowest BCUT2D eigenvalue weighted by molar-refractivity contribution is 0.0935. The van der Waals surface area contributed by atoms with E-state index in [1.165, 1.54) is 12.8 Å². The molecule has 1 saturated carbocycles. The lowest BCUT2D eigenvalue weighted by Gasteiger charge is -2.26. The van der Waals surface area contributed by atoms with Gasteiger partial charge in [-0.25, -0.2) is 0 Å². The molecule has 0 spiro atoms. The van der Waals surface area contributed by atoms with Crippen LogP contribution in [0, 0.1) is 5.41 Å². The third-order valence-corrected chi connectivity index (χ3v) is 5.61. The highest BCUT2D eigenvalue weighted by atomic mass is 35.5. The number of amides is 1. The van der Waals surface area contributed by atoms with Crippen LogP contribution in [0.2, 0.25) is 5.02 Å². The molecule has 110 valence electrons. The zero-order valence-corrected chi connectivity index (χ0v) is 13.9. The van der Waals surface area contributed by atoms with Gasteiger partial charge < -0.3 is 5.32 Å². The van der Waals surface area contributed by atoms with Gasteiger partial charge in [0.1, 0.15) is 0 Å². The largest absolute Gasteiger partial charge is 0.351 e. The summed E-state index contributed by atoms with van der Waals surface area (Å²) in [6, 6.07) is 5.53. The Kier molecular flexibility index (Phi) is 5.65. The van der Waals surface area contributed by atoms with Crippen molar-refractivity contribution in [2.45, 2.75) is 30.6 Å². The van der Waals surface area contributed by atoms with E-state index < -0.39 is 0 Å². The van der Waals surface area contributed by atoms with Crippen molar-refractivity contribution < 1.29 is 4.79 Å². The van der Waals surface area contributed by atoms with E-state index in [4.69, 9.17) is 23.2 Å². The van der Waals surface area contributed by atoms with Crippen molar-refractivity contribution in [2.75, 3.05) is 18.7 Å². The molecule has 20 heavy (non-hydrogen) atoms. The molecule has 0 aromatic heterocycles. The van der Waals surface area contributed by atoms with Crippen LogP contribution in [-0.4, -0.2) is 24.6 Å². The topological polar surface area (TPSA) is 29.1 Å². The standard InChI is InChI=1S/C15H19Cl2NOS/c1-20-11-4-5-13(17)12(8-11)14(19)18-10-15(9-16)6-2-3-7-15/h4-5,8H,2-3,6-7,9-10H2,1H3,(H,18,19). The molecular formula is C15H19Cl2NOS. The Labute approximate surface area is 134 Å². The van der Waals surface area contributed by atoms with Gasteiger partial charge in [-0.15, -0.1) is 23.4 Å². The third kappa shape index (κ3) is 3.63. The molecule has 0 heterocycles. The molecular weight excluding hydrogens is 313 g/mol. The number of hydrogen-bond acceptors (Lipinski definition) is 2. The molecule has 1 aliphatic rings. The fourth-order valence-electron chi connectivity index (χ4n) is 2.65. The molecule has 1 N–H and O–H groups in total. The number of carbonyl (C=O) groups is 1. The van der Waals surface area contributed by atoms with Gasteiger partial charge in [-0.2, -0.15) is 0 Å². The van der Waals surface area contributed by atoms with Crippen LogP contribution in [0.1, 0.15) is 36.0 Å². The molecule has 2 nitrogen and oxygen atoms in total. The van der Waals surface area contributed by atoms with Gasteiger partial charge in [0, 0.05) is 22.7 Å². The zero-order chi connectivity index (χ0) is 14.6. The summed E-state index contributed by atoms with van der Waals surface area (Å²) < 4.78 is 0. The van der Waals surface area contributed by atoms with E-state index in [0.29, 0.717) is 23.0 Å². The van der Waals surface area contributed by atoms with E-state index >= 15 is 0 Å². The first-order valence-electron chi connectivity index (χ1n) is 6.78. The van der Waals surface area contributed by atoms with E-state index in [-0.39, 0.29) is 11.3 Å². The second kappa shape index (κ2) is 7.06. The summed E-state index contributed by atoms with van der Waals surface area (Å²) in [6.45, 7) is 0.634. The number of hydrogen-bond donors (Lipinski definition) is 1. The number of nitrogens with one attached hydrogen (secondary N) is 1.